The van der Waals surface area contributed by atoms with Crippen LogP contribution in [0.25, 0.3) is 0 Å². The molecule has 0 aliphatic carbocycles. The SMILES string of the molecule is CCNC(CCCOC)c1ccc(F)c(OC)c1. The minimum absolute atomic E-state index is 0.208. The largest absolute Gasteiger partial charge is 0.494 e. The summed E-state index contributed by atoms with van der Waals surface area (Å²) in [7, 11) is 3.18. The maximum atomic E-state index is 13.4. The predicted molar refractivity (Wildman–Crippen MR) is 70.5 cm³/mol. The molecule has 102 valence electrons. The van der Waals surface area contributed by atoms with Gasteiger partial charge in [-0.1, -0.05) is 13.0 Å². The van der Waals surface area contributed by atoms with Crippen molar-refractivity contribution in [2.75, 3.05) is 27.4 Å². The van der Waals surface area contributed by atoms with Crippen LogP contribution in [0, 0.1) is 5.82 Å². The molecule has 0 aromatic heterocycles. The lowest BCUT2D eigenvalue weighted by molar-refractivity contribution is 0.189. The lowest BCUT2D eigenvalue weighted by Crippen LogP contribution is -2.21. The average molecular weight is 255 g/mol. The molecule has 3 nitrogen and oxygen atoms in total. The molecule has 0 radical (unpaired) electrons. The van der Waals surface area contributed by atoms with Crippen LogP contribution in [0.15, 0.2) is 18.2 Å². The number of methoxy groups -OCH3 is 2. The van der Waals surface area contributed by atoms with E-state index in [0.717, 1.165) is 31.6 Å². The van der Waals surface area contributed by atoms with Gasteiger partial charge in [0.1, 0.15) is 0 Å². The van der Waals surface area contributed by atoms with Crippen LogP contribution in [-0.2, 0) is 4.74 Å². The van der Waals surface area contributed by atoms with Crippen molar-refractivity contribution in [3.8, 4) is 5.75 Å². The van der Waals surface area contributed by atoms with E-state index in [0.29, 0.717) is 5.75 Å². The van der Waals surface area contributed by atoms with Gasteiger partial charge >= 0.3 is 0 Å². The highest BCUT2D eigenvalue weighted by atomic mass is 19.1. The molecule has 1 rings (SSSR count). The smallest absolute Gasteiger partial charge is 0.165 e. The Hall–Kier alpha value is -1.13. The summed E-state index contributed by atoms with van der Waals surface area (Å²) in [6, 6.07) is 5.22. The van der Waals surface area contributed by atoms with Gasteiger partial charge in [-0.3, -0.25) is 0 Å². The molecule has 0 heterocycles. The summed E-state index contributed by atoms with van der Waals surface area (Å²) >= 11 is 0. The van der Waals surface area contributed by atoms with E-state index in [1.807, 2.05) is 0 Å². The van der Waals surface area contributed by atoms with Gasteiger partial charge in [0.2, 0.25) is 0 Å². The average Bonchev–Trinajstić information content (AvgIpc) is 2.39. The fraction of sp³-hybridized carbons (Fsp3) is 0.571. The highest BCUT2D eigenvalue weighted by molar-refractivity contribution is 5.32. The van der Waals surface area contributed by atoms with Crippen molar-refractivity contribution in [2.24, 2.45) is 0 Å². The van der Waals surface area contributed by atoms with E-state index in [4.69, 9.17) is 9.47 Å². The first kappa shape index (κ1) is 14.9. The Morgan fingerprint density at radius 2 is 2.11 bits per heavy atom. The van der Waals surface area contributed by atoms with Crippen LogP contribution < -0.4 is 10.1 Å². The topological polar surface area (TPSA) is 30.5 Å². The molecule has 0 saturated carbocycles. The zero-order valence-corrected chi connectivity index (χ0v) is 11.3. The van der Waals surface area contributed by atoms with E-state index >= 15 is 0 Å². The molecule has 18 heavy (non-hydrogen) atoms. The number of hydrogen-bond donors (Lipinski definition) is 1. The van der Waals surface area contributed by atoms with Crippen molar-refractivity contribution >= 4 is 0 Å². The van der Waals surface area contributed by atoms with Crippen molar-refractivity contribution in [1.82, 2.24) is 5.32 Å². The summed E-state index contributed by atoms with van der Waals surface area (Å²) in [5.74, 6) is -0.0319. The van der Waals surface area contributed by atoms with Gasteiger partial charge in [0.25, 0.3) is 0 Å². The Labute approximate surface area is 108 Å². The molecule has 0 fully saturated rings. The van der Waals surface area contributed by atoms with Gasteiger partial charge < -0.3 is 14.8 Å². The van der Waals surface area contributed by atoms with Crippen molar-refractivity contribution in [1.29, 1.82) is 0 Å². The summed E-state index contributed by atoms with van der Waals surface area (Å²) in [5, 5.41) is 3.40. The third-order valence-corrected chi connectivity index (χ3v) is 2.87. The number of hydrogen-bond acceptors (Lipinski definition) is 3. The van der Waals surface area contributed by atoms with E-state index in [2.05, 4.69) is 12.2 Å². The van der Waals surface area contributed by atoms with Crippen molar-refractivity contribution in [3.63, 3.8) is 0 Å². The summed E-state index contributed by atoms with van der Waals surface area (Å²) < 4.78 is 23.4. The summed E-state index contributed by atoms with van der Waals surface area (Å²) in [5.41, 5.74) is 1.05. The molecule has 1 aromatic carbocycles. The van der Waals surface area contributed by atoms with Gasteiger partial charge in [0, 0.05) is 19.8 Å². The lowest BCUT2D eigenvalue weighted by Gasteiger charge is -2.19. The second-order valence-corrected chi connectivity index (χ2v) is 4.14. The Kier molecular flexibility index (Phi) is 6.68. The zero-order valence-electron chi connectivity index (χ0n) is 11.3. The molecular weight excluding hydrogens is 233 g/mol. The van der Waals surface area contributed by atoms with Gasteiger partial charge in [-0.2, -0.15) is 0 Å². The number of ether oxygens (including phenoxy) is 2. The van der Waals surface area contributed by atoms with Gasteiger partial charge in [0.15, 0.2) is 11.6 Å². The molecule has 1 aromatic rings. The fourth-order valence-electron chi connectivity index (χ4n) is 1.96. The minimum atomic E-state index is -0.326. The summed E-state index contributed by atoms with van der Waals surface area (Å²) in [6.45, 7) is 3.67. The first-order chi connectivity index (χ1) is 8.72. The number of benzene rings is 1. The van der Waals surface area contributed by atoms with Crippen LogP contribution >= 0.6 is 0 Å². The van der Waals surface area contributed by atoms with Crippen LogP contribution in [0.1, 0.15) is 31.4 Å². The van der Waals surface area contributed by atoms with E-state index in [9.17, 15) is 4.39 Å². The van der Waals surface area contributed by atoms with E-state index < -0.39 is 0 Å². The number of rotatable bonds is 8. The monoisotopic (exact) mass is 255 g/mol. The zero-order chi connectivity index (χ0) is 13.4. The molecule has 1 N–H and O–H groups in total. The molecule has 0 spiro atoms. The maximum absolute atomic E-state index is 13.4. The van der Waals surface area contributed by atoms with E-state index in [-0.39, 0.29) is 11.9 Å². The first-order valence-corrected chi connectivity index (χ1v) is 6.28. The minimum Gasteiger partial charge on any atom is -0.494 e. The van der Waals surface area contributed by atoms with Crippen LogP contribution in [0.3, 0.4) is 0 Å². The van der Waals surface area contributed by atoms with E-state index in [1.54, 1.807) is 19.2 Å². The number of halogens is 1. The standard InChI is InChI=1S/C14H22FNO2/c1-4-16-13(6-5-9-17-2)11-7-8-12(15)14(10-11)18-3/h7-8,10,13,16H,4-6,9H2,1-3H3. The fourth-order valence-corrected chi connectivity index (χ4v) is 1.96. The highest BCUT2D eigenvalue weighted by Gasteiger charge is 2.12. The molecule has 1 atom stereocenters. The highest BCUT2D eigenvalue weighted by Crippen LogP contribution is 2.25. The van der Waals surface area contributed by atoms with Crippen LogP contribution in [0.5, 0.6) is 5.75 Å². The molecule has 0 saturated heterocycles. The van der Waals surface area contributed by atoms with Crippen molar-refractivity contribution in [2.45, 2.75) is 25.8 Å². The van der Waals surface area contributed by atoms with Gasteiger partial charge in [-0.05, 0) is 37.1 Å². The van der Waals surface area contributed by atoms with Gasteiger partial charge in [-0.15, -0.1) is 0 Å². The van der Waals surface area contributed by atoms with Gasteiger partial charge in [0.05, 0.1) is 7.11 Å². The Balaban J connectivity index is 2.77. The molecule has 1 unspecified atom stereocenters. The normalized spacial score (nSPS) is 12.4. The van der Waals surface area contributed by atoms with Crippen LogP contribution in [0.4, 0.5) is 4.39 Å². The first-order valence-electron chi connectivity index (χ1n) is 6.28. The second kappa shape index (κ2) is 8.06. The van der Waals surface area contributed by atoms with Crippen LogP contribution in [-0.4, -0.2) is 27.4 Å². The molecule has 0 aliphatic rings. The Morgan fingerprint density at radius 3 is 2.72 bits per heavy atom. The third-order valence-electron chi connectivity index (χ3n) is 2.87. The summed E-state index contributed by atoms with van der Waals surface area (Å²) in [4.78, 5) is 0. The molecule has 0 aliphatic heterocycles. The molecular formula is C14H22FNO2. The Morgan fingerprint density at radius 1 is 1.33 bits per heavy atom. The third kappa shape index (κ3) is 4.27. The molecule has 4 heteroatoms. The van der Waals surface area contributed by atoms with Crippen LogP contribution in [0.2, 0.25) is 0 Å². The Bertz CT molecular complexity index is 358. The van der Waals surface area contributed by atoms with Crippen molar-refractivity contribution in [3.05, 3.63) is 29.6 Å². The number of nitrogens with one attached hydrogen (secondary N) is 1. The molecule has 0 bridgehead atoms. The predicted octanol–water partition coefficient (Wildman–Crippen LogP) is 2.91. The molecule has 0 amide bonds. The maximum Gasteiger partial charge on any atom is 0.165 e. The lowest BCUT2D eigenvalue weighted by atomic mass is 10.0. The quantitative estimate of drug-likeness (QED) is 0.724. The van der Waals surface area contributed by atoms with E-state index in [1.165, 1.54) is 13.2 Å². The second-order valence-electron chi connectivity index (χ2n) is 4.14. The van der Waals surface area contributed by atoms with Crippen molar-refractivity contribution < 1.29 is 13.9 Å². The van der Waals surface area contributed by atoms with Gasteiger partial charge in [-0.25, -0.2) is 4.39 Å². The summed E-state index contributed by atoms with van der Waals surface area (Å²) in [6.07, 6.45) is 1.92.